The van der Waals surface area contributed by atoms with Crippen molar-refractivity contribution >= 4 is 25.7 Å². The summed E-state index contributed by atoms with van der Waals surface area (Å²) < 4.78 is 0. The summed E-state index contributed by atoms with van der Waals surface area (Å²) in [5.41, 5.74) is 0.220. The Labute approximate surface area is 86.3 Å². The van der Waals surface area contributed by atoms with E-state index in [0.29, 0.717) is 0 Å². The van der Waals surface area contributed by atoms with Crippen molar-refractivity contribution in [3.8, 4) is 0 Å². The number of carbonyl (C=O) groups excluding carboxylic acids is 1. The topological polar surface area (TPSA) is 40.1 Å². The van der Waals surface area contributed by atoms with E-state index in [-0.39, 0.29) is 5.56 Å². The number of hydrogen-bond acceptors (Lipinski definition) is 2. The Morgan fingerprint density at radius 1 is 1.15 bits per heavy atom. The number of carbonyl (C=O) groups is 1. The third-order valence-corrected chi connectivity index (χ3v) is 1.01. The zero-order valence-electron chi connectivity index (χ0n) is 8.20. The first-order chi connectivity index (χ1) is 6.04. The molecule has 0 heterocycles. The van der Waals surface area contributed by atoms with Gasteiger partial charge in [0, 0.05) is 0 Å². The molecule has 70 valence electrons. The molecule has 13 heavy (non-hydrogen) atoms. The van der Waals surface area contributed by atoms with Crippen LogP contribution in [0.15, 0.2) is 30.3 Å². The van der Waals surface area contributed by atoms with E-state index in [9.17, 15) is 9.90 Å². The molecule has 0 aliphatic rings. The van der Waals surface area contributed by atoms with Gasteiger partial charge in [-0.15, -0.1) is 0 Å². The molecule has 0 saturated heterocycles. The molecule has 0 aromatic heterocycles. The normalized spacial score (nSPS) is 8.23. The molecule has 0 fully saturated rings. The van der Waals surface area contributed by atoms with Crippen LogP contribution in [0.2, 0.25) is 14.8 Å². The SMILES string of the molecule is O=C([O-])c1ccccc1.[CH3][Sn+]([CH3])[CH3]. The monoisotopic (exact) mass is 286 g/mol. The summed E-state index contributed by atoms with van der Waals surface area (Å²) in [7, 11) is 0. The van der Waals surface area contributed by atoms with Gasteiger partial charge in [-0.3, -0.25) is 0 Å². The fourth-order valence-corrected chi connectivity index (χ4v) is 0.574. The third-order valence-electron chi connectivity index (χ3n) is 1.01. The van der Waals surface area contributed by atoms with Crippen molar-refractivity contribution in [2.75, 3.05) is 0 Å². The van der Waals surface area contributed by atoms with Crippen LogP contribution in [0.5, 0.6) is 0 Å². The van der Waals surface area contributed by atoms with Gasteiger partial charge in [-0.1, -0.05) is 30.3 Å². The summed E-state index contributed by atoms with van der Waals surface area (Å²) in [6.45, 7) is 0. The second-order valence-electron chi connectivity index (χ2n) is 3.15. The number of aromatic carboxylic acids is 1. The zero-order chi connectivity index (χ0) is 10.3. The van der Waals surface area contributed by atoms with Crippen LogP contribution in [-0.2, 0) is 0 Å². The average molecular weight is 285 g/mol. The molecule has 3 heteroatoms. The van der Waals surface area contributed by atoms with Gasteiger partial charge < -0.3 is 9.90 Å². The molecule has 0 bridgehead atoms. The van der Waals surface area contributed by atoms with Gasteiger partial charge >= 0.3 is 34.6 Å². The van der Waals surface area contributed by atoms with Gasteiger partial charge in [0.15, 0.2) is 0 Å². The van der Waals surface area contributed by atoms with Crippen LogP contribution in [0.4, 0.5) is 0 Å². The van der Waals surface area contributed by atoms with Crippen molar-refractivity contribution in [2.24, 2.45) is 0 Å². The molecule has 0 atom stereocenters. The Morgan fingerprint density at radius 3 is 1.77 bits per heavy atom. The summed E-state index contributed by atoms with van der Waals surface area (Å²) in [6.07, 6.45) is 0. The second kappa shape index (κ2) is 6.95. The summed E-state index contributed by atoms with van der Waals surface area (Å²) in [5.74, 6) is -1.13. The van der Waals surface area contributed by atoms with Crippen LogP contribution in [0.1, 0.15) is 10.4 Å². The summed E-state index contributed by atoms with van der Waals surface area (Å²) in [6, 6.07) is 8.06. The average Bonchev–Trinajstić information content (AvgIpc) is 2.05. The third kappa shape index (κ3) is 7.84. The fourth-order valence-electron chi connectivity index (χ4n) is 0.574. The first-order valence-corrected chi connectivity index (χ1v) is 12.6. The van der Waals surface area contributed by atoms with E-state index in [1.165, 1.54) is 12.1 Å². The van der Waals surface area contributed by atoms with E-state index in [1.807, 2.05) is 0 Å². The zero-order valence-corrected chi connectivity index (χ0v) is 11.1. The van der Waals surface area contributed by atoms with E-state index in [2.05, 4.69) is 14.8 Å². The summed E-state index contributed by atoms with van der Waals surface area (Å²) in [4.78, 5) is 17.2. The number of carboxylic acid groups (broad SMARTS) is 1. The van der Waals surface area contributed by atoms with Crippen molar-refractivity contribution in [1.29, 1.82) is 0 Å². The van der Waals surface area contributed by atoms with Crippen molar-refractivity contribution in [3.63, 3.8) is 0 Å². The first kappa shape index (κ1) is 12.5. The Hall–Kier alpha value is -0.511. The van der Waals surface area contributed by atoms with Gasteiger partial charge in [0.1, 0.15) is 0 Å². The van der Waals surface area contributed by atoms with Gasteiger partial charge in [-0.05, 0) is 5.56 Å². The maximum atomic E-state index is 10.1. The van der Waals surface area contributed by atoms with Crippen LogP contribution in [-0.4, -0.2) is 25.7 Å². The molecule has 0 aliphatic heterocycles. The van der Waals surface area contributed by atoms with Gasteiger partial charge in [0.25, 0.3) is 0 Å². The Kier molecular flexibility index (Phi) is 6.67. The molecule has 0 amide bonds. The summed E-state index contributed by atoms with van der Waals surface area (Å²) in [5, 5.41) is 10.1. The molecule has 1 aromatic rings. The van der Waals surface area contributed by atoms with E-state index >= 15 is 0 Å². The molecule has 1 aromatic carbocycles. The molecule has 1 rings (SSSR count). The van der Waals surface area contributed by atoms with Crippen molar-refractivity contribution in [2.45, 2.75) is 14.8 Å². The predicted molar refractivity (Wildman–Crippen MR) is 54.1 cm³/mol. The number of benzene rings is 1. The minimum absolute atomic E-state index is 0.220. The fraction of sp³-hybridized carbons (Fsp3) is 0.300. The molecule has 0 unspecified atom stereocenters. The van der Waals surface area contributed by atoms with Gasteiger partial charge in [0.2, 0.25) is 0 Å². The first-order valence-electron chi connectivity index (χ1n) is 4.07. The van der Waals surface area contributed by atoms with Gasteiger partial charge in [-0.25, -0.2) is 0 Å². The number of rotatable bonds is 1. The quantitative estimate of drug-likeness (QED) is 0.732. The van der Waals surface area contributed by atoms with E-state index in [0.717, 1.165) is 0 Å². The molecule has 2 nitrogen and oxygen atoms in total. The van der Waals surface area contributed by atoms with Crippen LogP contribution in [0.25, 0.3) is 0 Å². The van der Waals surface area contributed by atoms with Crippen LogP contribution in [0.3, 0.4) is 0 Å². The minimum atomic E-state index is -1.13. The predicted octanol–water partition coefficient (Wildman–Crippen LogP) is 1.42. The Balaban J connectivity index is 0.000000310. The van der Waals surface area contributed by atoms with E-state index in [1.54, 1.807) is 18.2 Å². The molecule has 0 spiro atoms. The summed E-state index contributed by atoms with van der Waals surface area (Å²) >= 11 is -0.543. The molecule has 0 N–H and O–H groups in total. The van der Waals surface area contributed by atoms with E-state index < -0.39 is 25.7 Å². The number of hydrogen-bond donors (Lipinski definition) is 0. The number of carboxylic acids is 1. The molecular formula is C10H14O2Sn. The van der Waals surface area contributed by atoms with Crippen molar-refractivity contribution in [3.05, 3.63) is 35.9 Å². The van der Waals surface area contributed by atoms with Gasteiger partial charge in [-0.2, -0.15) is 0 Å². The maximum absolute atomic E-state index is 10.1. The standard InChI is InChI=1S/C7H6O2.3CH3.Sn/c8-7(9)6-4-2-1-3-5-6;;;;/h1-5H,(H,8,9);3*1H3;/q;;;;+1/p-1. The van der Waals surface area contributed by atoms with Crippen molar-refractivity contribution < 1.29 is 9.90 Å². The molecular weight excluding hydrogens is 271 g/mol. The van der Waals surface area contributed by atoms with Crippen LogP contribution >= 0.6 is 0 Å². The Bertz CT molecular complexity index is 242. The molecule has 0 aliphatic carbocycles. The molecule has 0 radical (unpaired) electrons. The molecule has 0 saturated carbocycles. The second-order valence-corrected chi connectivity index (χ2v) is 11.7. The Morgan fingerprint density at radius 2 is 1.54 bits per heavy atom. The van der Waals surface area contributed by atoms with Crippen molar-refractivity contribution in [1.82, 2.24) is 0 Å². The van der Waals surface area contributed by atoms with Gasteiger partial charge in [0.05, 0.1) is 5.97 Å². The van der Waals surface area contributed by atoms with Crippen LogP contribution in [0, 0.1) is 0 Å². The van der Waals surface area contributed by atoms with E-state index in [4.69, 9.17) is 0 Å². The van der Waals surface area contributed by atoms with Crippen LogP contribution < -0.4 is 5.11 Å².